The van der Waals surface area contributed by atoms with Crippen LogP contribution in [0.25, 0.3) is 0 Å². The van der Waals surface area contributed by atoms with Gasteiger partial charge in [-0.3, -0.25) is 9.69 Å². The first-order valence-corrected chi connectivity index (χ1v) is 6.58. The van der Waals surface area contributed by atoms with Crippen molar-refractivity contribution in [1.29, 1.82) is 0 Å². The standard InChI is InChI=1S/C12H23N3O2/c1-10-8-15(5-4-13-10)9-12(16)14-7-11-3-2-6-17-11/h10-11,13H,2-9H2,1H3,(H,14,16). The Bertz CT molecular complexity index is 254. The van der Waals surface area contributed by atoms with E-state index in [9.17, 15) is 4.79 Å². The number of carbonyl (C=O) groups excluding carboxylic acids is 1. The van der Waals surface area contributed by atoms with E-state index in [1.165, 1.54) is 0 Å². The number of rotatable bonds is 4. The summed E-state index contributed by atoms with van der Waals surface area (Å²) in [4.78, 5) is 13.9. The molecule has 0 bridgehead atoms. The van der Waals surface area contributed by atoms with Gasteiger partial charge in [0, 0.05) is 38.8 Å². The van der Waals surface area contributed by atoms with Gasteiger partial charge in [-0.1, -0.05) is 0 Å². The zero-order valence-electron chi connectivity index (χ0n) is 10.6. The fourth-order valence-corrected chi connectivity index (χ4v) is 2.45. The molecule has 2 fully saturated rings. The lowest BCUT2D eigenvalue weighted by Gasteiger charge is -2.31. The molecule has 0 aliphatic carbocycles. The fourth-order valence-electron chi connectivity index (χ4n) is 2.45. The Kier molecular flexibility index (Phi) is 4.76. The summed E-state index contributed by atoms with van der Waals surface area (Å²) < 4.78 is 5.47. The van der Waals surface area contributed by atoms with Gasteiger partial charge in [0.05, 0.1) is 12.6 Å². The summed E-state index contributed by atoms with van der Waals surface area (Å²) in [5.41, 5.74) is 0. The van der Waals surface area contributed by atoms with Gasteiger partial charge in [0.15, 0.2) is 0 Å². The Labute approximate surface area is 103 Å². The van der Waals surface area contributed by atoms with Gasteiger partial charge in [0.25, 0.3) is 0 Å². The fraction of sp³-hybridized carbons (Fsp3) is 0.917. The van der Waals surface area contributed by atoms with E-state index in [0.717, 1.165) is 39.1 Å². The summed E-state index contributed by atoms with van der Waals surface area (Å²) in [6.07, 6.45) is 2.43. The molecular formula is C12H23N3O2. The lowest BCUT2D eigenvalue weighted by molar-refractivity contribution is -0.123. The minimum Gasteiger partial charge on any atom is -0.376 e. The highest BCUT2D eigenvalue weighted by Crippen LogP contribution is 2.10. The van der Waals surface area contributed by atoms with Gasteiger partial charge in [-0.2, -0.15) is 0 Å². The van der Waals surface area contributed by atoms with Crippen LogP contribution >= 0.6 is 0 Å². The van der Waals surface area contributed by atoms with Crippen LogP contribution in [0.3, 0.4) is 0 Å². The van der Waals surface area contributed by atoms with Crippen LogP contribution in [0.1, 0.15) is 19.8 Å². The molecule has 0 aromatic heterocycles. The maximum Gasteiger partial charge on any atom is 0.234 e. The maximum atomic E-state index is 11.7. The normalized spacial score (nSPS) is 30.4. The van der Waals surface area contributed by atoms with Crippen molar-refractivity contribution in [3.05, 3.63) is 0 Å². The van der Waals surface area contributed by atoms with Crippen molar-refractivity contribution in [3.8, 4) is 0 Å². The van der Waals surface area contributed by atoms with Crippen molar-refractivity contribution >= 4 is 5.91 Å². The van der Waals surface area contributed by atoms with Gasteiger partial charge in [0.2, 0.25) is 5.91 Å². The van der Waals surface area contributed by atoms with Gasteiger partial charge >= 0.3 is 0 Å². The van der Waals surface area contributed by atoms with E-state index in [-0.39, 0.29) is 12.0 Å². The Hall–Kier alpha value is -0.650. The van der Waals surface area contributed by atoms with Crippen LogP contribution in [0.4, 0.5) is 0 Å². The molecule has 17 heavy (non-hydrogen) atoms. The van der Waals surface area contributed by atoms with Crippen LogP contribution in [0.2, 0.25) is 0 Å². The number of hydrogen-bond donors (Lipinski definition) is 2. The summed E-state index contributed by atoms with van der Waals surface area (Å²) >= 11 is 0. The number of ether oxygens (including phenoxy) is 1. The second-order valence-electron chi connectivity index (χ2n) is 5.03. The molecule has 2 aliphatic heterocycles. The number of amides is 1. The van der Waals surface area contributed by atoms with E-state index in [1.54, 1.807) is 0 Å². The molecule has 2 N–H and O–H groups in total. The van der Waals surface area contributed by atoms with Gasteiger partial charge in [-0.15, -0.1) is 0 Å². The second-order valence-corrected chi connectivity index (χ2v) is 5.03. The zero-order chi connectivity index (χ0) is 12.1. The average molecular weight is 241 g/mol. The number of carbonyl (C=O) groups is 1. The number of hydrogen-bond acceptors (Lipinski definition) is 4. The van der Waals surface area contributed by atoms with E-state index < -0.39 is 0 Å². The molecule has 98 valence electrons. The minimum atomic E-state index is 0.120. The first-order valence-electron chi connectivity index (χ1n) is 6.58. The van der Waals surface area contributed by atoms with E-state index in [0.29, 0.717) is 19.1 Å². The monoisotopic (exact) mass is 241 g/mol. The van der Waals surface area contributed by atoms with E-state index >= 15 is 0 Å². The van der Waals surface area contributed by atoms with Crippen molar-refractivity contribution < 1.29 is 9.53 Å². The molecule has 5 heteroatoms. The second kappa shape index (κ2) is 6.33. The van der Waals surface area contributed by atoms with Gasteiger partial charge in [-0.25, -0.2) is 0 Å². The van der Waals surface area contributed by atoms with Crippen LogP contribution in [0, 0.1) is 0 Å². The number of piperazine rings is 1. The summed E-state index contributed by atoms with van der Waals surface area (Å²) in [6.45, 7) is 7.05. The van der Waals surface area contributed by atoms with Crippen LogP contribution in [0.15, 0.2) is 0 Å². The summed E-state index contributed by atoms with van der Waals surface area (Å²) in [5, 5.41) is 6.33. The highest BCUT2D eigenvalue weighted by atomic mass is 16.5. The Morgan fingerprint density at radius 3 is 3.18 bits per heavy atom. The van der Waals surface area contributed by atoms with Crippen molar-refractivity contribution in [2.24, 2.45) is 0 Å². The Morgan fingerprint density at radius 1 is 1.59 bits per heavy atom. The summed E-state index contributed by atoms with van der Waals surface area (Å²) in [6, 6.07) is 0.481. The van der Waals surface area contributed by atoms with Crippen LogP contribution in [-0.2, 0) is 9.53 Å². The third kappa shape index (κ3) is 4.26. The molecule has 2 saturated heterocycles. The lowest BCUT2D eigenvalue weighted by Crippen LogP contribution is -2.52. The third-order valence-electron chi connectivity index (χ3n) is 3.37. The van der Waals surface area contributed by atoms with Gasteiger partial charge in [0.1, 0.15) is 0 Å². The highest BCUT2D eigenvalue weighted by Gasteiger charge is 2.19. The van der Waals surface area contributed by atoms with E-state index in [2.05, 4.69) is 22.5 Å². The zero-order valence-corrected chi connectivity index (χ0v) is 10.6. The molecule has 2 unspecified atom stereocenters. The quantitative estimate of drug-likeness (QED) is 0.701. The van der Waals surface area contributed by atoms with Gasteiger partial charge in [-0.05, 0) is 19.8 Å². The van der Waals surface area contributed by atoms with E-state index in [1.807, 2.05) is 0 Å². The topological polar surface area (TPSA) is 53.6 Å². The molecular weight excluding hydrogens is 218 g/mol. The lowest BCUT2D eigenvalue weighted by atomic mass is 10.2. The molecule has 0 radical (unpaired) electrons. The number of nitrogens with one attached hydrogen (secondary N) is 2. The van der Waals surface area contributed by atoms with Gasteiger partial charge < -0.3 is 15.4 Å². The average Bonchev–Trinajstić information content (AvgIpc) is 2.79. The molecule has 2 aliphatic rings. The highest BCUT2D eigenvalue weighted by molar-refractivity contribution is 5.78. The molecule has 5 nitrogen and oxygen atoms in total. The van der Waals surface area contributed by atoms with Crippen LogP contribution in [0.5, 0.6) is 0 Å². The molecule has 1 amide bonds. The first-order chi connectivity index (χ1) is 8.24. The van der Waals surface area contributed by atoms with Crippen molar-refractivity contribution in [3.63, 3.8) is 0 Å². The van der Waals surface area contributed by atoms with Crippen LogP contribution in [-0.4, -0.2) is 62.3 Å². The SMILES string of the molecule is CC1CN(CC(=O)NCC2CCCO2)CCN1. The molecule has 2 heterocycles. The van der Waals surface area contributed by atoms with Crippen molar-refractivity contribution in [1.82, 2.24) is 15.5 Å². The van der Waals surface area contributed by atoms with Crippen molar-refractivity contribution in [2.45, 2.75) is 31.9 Å². The Balaban J connectivity index is 1.62. The predicted octanol–water partition coefficient (Wildman–Crippen LogP) is -0.425. The maximum absolute atomic E-state index is 11.7. The largest absolute Gasteiger partial charge is 0.376 e. The smallest absolute Gasteiger partial charge is 0.234 e. The molecule has 2 rings (SSSR count). The Morgan fingerprint density at radius 2 is 2.47 bits per heavy atom. The summed E-state index contributed by atoms with van der Waals surface area (Å²) in [7, 11) is 0. The minimum absolute atomic E-state index is 0.120. The third-order valence-corrected chi connectivity index (χ3v) is 3.37. The molecule has 2 atom stereocenters. The molecule has 0 spiro atoms. The molecule has 0 aromatic carbocycles. The first kappa shape index (κ1) is 12.8. The molecule has 0 aromatic rings. The predicted molar refractivity (Wildman–Crippen MR) is 65.9 cm³/mol. The molecule has 0 saturated carbocycles. The van der Waals surface area contributed by atoms with E-state index in [4.69, 9.17) is 4.74 Å². The number of nitrogens with zero attached hydrogens (tertiary/aromatic N) is 1. The summed E-state index contributed by atoms with van der Waals surface area (Å²) in [5.74, 6) is 0.120. The van der Waals surface area contributed by atoms with Crippen molar-refractivity contribution in [2.75, 3.05) is 39.3 Å². The van der Waals surface area contributed by atoms with Crippen LogP contribution < -0.4 is 10.6 Å².